The Balaban J connectivity index is 0.00000196. The zero-order chi connectivity index (χ0) is 17.2. The molecule has 0 saturated carbocycles. The lowest BCUT2D eigenvalue weighted by molar-refractivity contribution is -0.133. The molecule has 0 spiro atoms. The van der Waals surface area contributed by atoms with Crippen molar-refractivity contribution in [3.63, 3.8) is 0 Å². The minimum Gasteiger partial charge on any atom is -0.341 e. The summed E-state index contributed by atoms with van der Waals surface area (Å²) in [6.45, 7) is 2.52. The number of nitrogens with one attached hydrogen (secondary N) is 1. The van der Waals surface area contributed by atoms with Gasteiger partial charge < -0.3 is 10.2 Å². The van der Waals surface area contributed by atoms with Gasteiger partial charge in [-0.05, 0) is 25.8 Å². The summed E-state index contributed by atoms with van der Waals surface area (Å²) in [5, 5.41) is 8.14. The predicted molar refractivity (Wildman–Crippen MR) is 106 cm³/mol. The zero-order valence-electron chi connectivity index (χ0n) is 15.3. The Hall–Kier alpha value is -1.85. The van der Waals surface area contributed by atoms with Crippen LogP contribution >= 0.6 is 12.4 Å². The van der Waals surface area contributed by atoms with Gasteiger partial charge in [-0.15, -0.1) is 12.4 Å². The highest BCUT2D eigenvalue weighted by Crippen LogP contribution is 2.28. The smallest absolute Gasteiger partial charge is 0.239 e. The number of carbonyl (C=O) groups is 1. The van der Waals surface area contributed by atoms with E-state index in [4.69, 9.17) is 5.10 Å². The number of nitrogens with zero attached hydrogens (tertiary/aromatic N) is 3. The van der Waals surface area contributed by atoms with Gasteiger partial charge in [-0.1, -0.05) is 36.8 Å². The predicted octanol–water partition coefficient (Wildman–Crippen LogP) is 2.58. The molecule has 1 atom stereocenters. The van der Waals surface area contributed by atoms with Gasteiger partial charge in [0.25, 0.3) is 0 Å². The molecule has 1 aromatic carbocycles. The van der Waals surface area contributed by atoms with Crippen LogP contribution in [0.25, 0.3) is 11.3 Å². The Kier molecular flexibility index (Phi) is 5.99. The van der Waals surface area contributed by atoms with Crippen molar-refractivity contribution in [2.45, 2.75) is 38.1 Å². The molecule has 2 aliphatic rings. The molecule has 1 N–H and O–H groups in total. The van der Waals surface area contributed by atoms with Gasteiger partial charge in [0.05, 0.1) is 17.4 Å². The molecule has 2 aliphatic heterocycles. The lowest BCUT2D eigenvalue weighted by Gasteiger charge is -2.29. The summed E-state index contributed by atoms with van der Waals surface area (Å²) in [6.07, 6.45) is 5.02. The molecule has 3 heterocycles. The minimum atomic E-state index is 0. The van der Waals surface area contributed by atoms with Crippen LogP contribution in [-0.4, -0.2) is 46.3 Å². The Bertz CT molecular complexity index is 753. The minimum absolute atomic E-state index is 0. The van der Waals surface area contributed by atoms with E-state index < -0.39 is 0 Å². The van der Waals surface area contributed by atoms with Crippen molar-refractivity contribution >= 4 is 18.3 Å². The van der Waals surface area contributed by atoms with Gasteiger partial charge in [-0.3, -0.25) is 9.48 Å². The van der Waals surface area contributed by atoms with E-state index in [0.29, 0.717) is 0 Å². The first-order chi connectivity index (χ1) is 12.2. The van der Waals surface area contributed by atoms with Crippen molar-refractivity contribution in [1.29, 1.82) is 0 Å². The van der Waals surface area contributed by atoms with Gasteiger partial charge in [0.15, 0.2) is 0 Å². The third kappa shape index (κ3) is 3.64. The van der Waals surface area contributed by atoms with Gasteiger partial charge in [-0.25, -0.2) is 0 Å². The van der Waals surface area contributed by atoms with E-state index in [0.717, 1.165) is 51.0 Å². The summed E-state index contributed by atoms with van der Waals surface area (Å²) in [5.41, 5.74) is 4.85. The topological polar surface area (TPSA) is 50.2 Å². The molecule has 6 heteroatoms. The molecule has 140 valence electrons. The summed E-state index contributed by atoms with van der Waals surface area (Å²) in [5.74, 6) is 0.274. The second kappa shape index (κ2) is 8.23. The third-order valence-corrected chi connectivity index (χ3v) is 5.45. The Morgan fingerprint density at radius 1 is 1.15 bits per heavy atom. The quantitative estimate of drug-likeness (QED) is 0.879. The van der Waals surface area contributed by atoms with E-state index in [1.165, 1.54) is 23.2 Å². The fraction of sp³-hybridized carbons (Fsp3) is 0.500. The van der Waals surface area contributed by atoms with Crippen LogP contribution in [0.15, 0.2) is 30.3 Å². The largest absolute Gasteiger partial charge is 0.341 e. The monoisotopic (exact) mass is 374 g/mol. The summed E-state index contributed by atoms with van der Waals surface area (Å²) >= 11 is 0. The van der Waals surface area contributed by atoms with Crippen LogP contribution in [0.5, 0.6) is 0 Å². The van der Waals surface area contributed by atoms with E-state index in [2.05, 4.69) is 29.6 Å². The number of halogens is 1. The molecule has 1 amide bonds. The van der Waals surface area contributed by atoms with E-state index in [9.17, 15) is 4.79 Å². The van der Waals surface area contributed by atoms with E-state index in [1.54, 1.807) is 0 Å². The first-order valence-corrected chi connectivity index (χ1v) is 9.36. The Morgan fingerprint density at radius 2 is 1.92 bits per heavy atom. The number of aryl methyl sites for hydroxylation is 1. The number of hydrogen-bond donors (Lipinski definition) is 1. The molecular formula is C20H27ClN4O. The number of hydrogen-bond acceptors (Lipinski definition) is 3. The molecule has 1 saturated heterocycles. The number of aromatic nitrogens is 2. The summed E-state index contributed by atoms with van der Waals surface area (Å²) in [7, 11) is 2.02. The molecule has 1 aromatic heterocycles. The summed E-state index contributed by atoms with van der Waals surface area (Å²) in [6, 6.07) is 10.5. The van der Waals surface area contributed by atoms with Crippen molar-refractivity contribution in [3.8, 4) is 11.3 Å². The summed E-state index contributed by atoms with van der Waals surface area (Å²) in [4.78, 5) is 14.9. The lowest BCUT2D eigenvalue weighted by atomic mass is 10.0. The van der Waals surface area contributed by atoms with Crippen molar-refractivity contribution in [2.24, 2.45) is 7.05 Å². The van der Waals surface area contributed by atoms with Crippen LogP contribution in [0.3, 0.4) is 0 Å². The summed E-state index contributed by atoms with van der Waals surface area (Å²) < 4.78 is 2.00. The van der Waals surface area contributed by atoms with Gasteiger partial charge in [0.1, 0.15) is 0 Å². The highest BCUT2D eigenvalue weighted by atomic mass is 35.5. The molecule has 4 rings (SSSR count). The van der Waals surface area contributed by atoms with Crippen LogP contribution < -0.4 is 5.32 Å². The molecule has 1 unspecified atom stereocenters. The first kappa shape index (κ1) is 18.9. The maximum atomic E-state index is 12.8. The maximum absolute atomic E-state index is 12.8. The van der Waals surface area contributed by atoms with Crippen LogP contribution in [0.4, 0.5) is 0 Å². The van der Waals surface area contributed by atoms with Crippen LogP contribution in [0.2, 0.25) is 0 Å². The molecule has 0 bridgehead atoms. The van der Waals surface area contributed by atoms with Crippen molar-refractivity contribution in [1.82, 2.24) is 20.0 Å². The fourth-order valence-corrected chi connectivity index (χ4v) is 4.15. The number of fused-ring (bicyclic) bond motifs is 1. The van der Waals surface area contributed by atoms with Crippen LogP contribution in [0.1, 0.15) is 30.5 Å². The molecule has 0 radical (unpaired) electrons. The average Bonchev–Trinajstić information content (AvgIpc) is 2.84. The second-order valence-electron chi connectivity index (χ2n) is 7.09. The van der Waals surface area contributed by atoms with E-state index in [-0.39, 0.29) is 24.4 Å². The molecule has 26 heavy (non-hydrogen) atoms. The third-order valence-electron chi connectivity index (χ3n) is 5.45. The van der Waals surface area contributed by atoms with Gasteiger partial charge in [-0.2, -0.15) is 5.10 Å². The fourth-order valence-electron chi connectivity index (χ4n) is 4.15. The second-order valence-corrected chi connectivity index (χ2v) is 7.09. The van der Waals surface area contributed by atoms with Crippen molar-refractivity contribution < 1.29 is 4.79 Å². The van der Waals surface area contributed by atoms with E-state index in [1.807, 2.05) is 22.7 Å². The van der Waals surface area contributed by atoms with Gasteiger partial charge in [0, 0.05) is 37.7 Å². The van der Waals surface area contributed by atoms with Crippen molar-refractivity contribution in [3.05, 3.63) is 41.6 Å². The van der Waals surface area contributed by atoms with E-state index >= 15 is 0 Å². The Morgan fingerprint density at radius 3 is 2.65 bits per heavy atom. The SMILES string of the molecule is Cl.Cn1nc2c(c1-c1ccccc1)CCN(C(=O)C1CCCCN1)CC2. The molecule has 5 nitrogen and oxygen atoms in total. The van der Waals surface area contributed by atoms with Crippen LogP contribution in [-0.2, 0) is 24.7 Å². The van der Waals surface area contributed by atoms with Crippen LogP contribution in [0, 0.1) is 0 Å². The highest BCUT2D eigenvalue weighted by molar-refractivity contribution is 5.85. The number of rotatable bonds is 2. The average molecular weight is 375 g/mol. The maximum Gasteiger partial charge on any atom is 0.239 e. The van der Waals surface area contributed by atoms with Gasteiger partial charge in [0.2, 0.25) is 5.91 Å². The molecular weight excluding hydrogens is 348 g/mol. The number of carbonyl (C=O) groups excluding carboxylic acids is 1. The zero-order valence-corrected chi connectivity index (χ0v) is 16.1. The van der Waals surface area contributed by atoms with Gasteiger partial charge >= 0.3 is 0 Å². The van der Waals surface area contributed by atoms with Crippen molar-refractivity contribution in [2.75, 3.05) is 19.6 Å². The Labute approximate surface area is 161 Å². The first-order valence-electron chi connectivity index (χ1n) is 9.36. The lowest BCUT2D eigenvalue weighted by Crippen LogP contribution is -2.49. The molecule has 2 aromatic rings. The highest BCUT2D eigenvalue weighted by Gasteiger charge is 2.29. The number of benzene rings is 1. The molecule has 1 fully saturated rings. The normalized spacial score (nSPS) is 20.0. The standard InChI is InChI=1S/C20H26N4O.ClH/c1-23-19(15-7-3-2-4-8-15)16-10-13-24(14-11-17(16)22-23)20(25)18-9-5-6-12-21-18;/h2-4,7-8,18,21H,5-6,9-14H2,1H3;1H. The number of piperidine rings is 1. The molecule has 0 aliphatic carbocycles. The number of amides is 1.